The van der Waals surface area contributed by atoms with E-state index in [2.05, 4.69) is 36.4 Å². The van der Waals surface area contributed by atoms with E-state index < -0.39 is 0 Å². The third-order valence-electron chi connectivity index (χ3n) is 4.99. The van der Waals surface area contributed by atoms with Crippen LogP contribution in [0.15, 0.2) is 4.99 Å². The zero-order valence-electron chi connectivity index (χ0n) is 12.4. The predicted molar refractivity (Wildman–Crippen MR) is 77.8 cm³/mol. The summed E-state index contributed by atoms with van der Waals surface area (Å²) in [7, 11) is 1.87. The van der Waals surface area contributed by atoms with Gasteiger partial charge in [0, 0.05) is 19.6 Å². The Morgan fingerprint density at radius 2 is 1.94 bits per heavy atom. The molecule has 3 heteroatoms. The fourth-order valence-corrected chi connectivity index (χ4v) is 2.89. The Morgan fingerprint density at radius 1 is 1.28 bits per heavy atom. The van der Waals surface area contributed by atoms with Gasteiger partial charge in [0.25, 0.3) is 0 Å². The molecular formula is C15H29N3. The molecule has 2 fully saturated rings. The van der Waals surface area contributed by atoms with E-state index in [1.165, 1.54) is 32.1 Å². The summed E-state index contributed by atoms with van der Waals surface area (Å²) in [5.41, 5.74) is 0.610. The van der Waals surface area contributed by atoms with Crippen LogP contribution < -0.4 is 10.6 Å². The molecule has 18 heavy (non-hydrogen) atoms. The minimum absolute atomic E-state index is 0.467. The van der Waals surface area contributed by atoms with Gasteiger partial charge in [0.05, 0.1) is 0 Å². The van der Waals surface area contributed by atoms with Crippen molar-refractivity contribution in [1.29, 1.82) is 0 Å². The zero-order chi connectivity index (χ0) is 13.2. The van der Waals surface area contributed by atoms with Crippen molar-refractivity contribution >= 4 is 5.96 Å². The van der Waals surface area contributed by atoms with Gasteiger partial charge >= 0.3 is 0 Å². The second-order valence-corrected chi connectivity index (χ2v) is 6.59. The molecule has 0 aromatic carbocycles. The van der Waals surface area contributed by atoms with E-state index in [0.717, 1.165) is 18.4 Å². The first-order valence-electron chi connectivity index (χ1n) is 7.54. The second-order valence-electron chi connectivity index (χ2n) is 6.59. The standard InChI is InChI=1S/C15H29N3/c1-11(2)12(3)18-14(16-4)17-10-15(8-5-9-15)13-6-7-13/h11-13H,5-10H2,1-4H3,(H2,16,17,18). The van der Waals surface area contributed by atoms with Crippen molar-refractivity contribution in [2.75, 3.05) is 13.6 Å². The summed E-state index contributed by atoms with van der Waals surface area (Å²) in [6.07, 6.45) is 7.17. The molecule has 3 nitrogen and oxygen atoms in total. The predicted octanol–water partition coefficient (Wildman–Crippen LogP) is 2.78. The molecule has 2 N–H and O–H groups in total. The number of nitrogens with one attached hydrogen (secondary N) is 2. The highest BCUT2D eigenvalue weighted by atomic mass is 15.2. The van der Waals surface area contributed by atoms with E-state index in [9.17, 15) is 0 Å². The maximum absolute atomic E-state index is 4.35. The van der Waals surface area contributed by atoms with Gasteiger partial charge in [-0.1, -0.05) is 20.3 Å². The summed E-state index contributed by atoms with van der Waals surface area (Å²) < 4.78 is 0. The topological polar surface area (TPSA) is 36.4 Å². The number of hydrogen-bond acceptors (Lipinski definition) is 1. The molecule has 0 aromatic heterocycles. The number of guanidine groups is 1. The monoisotopic (exact) mass is 251 g/mol. The maximum atomic E-state index is 4.35. The van der Waals surface area contributed by atoms with Crippen LogP contribution in [0.4, 0.5) is 0 Å². The van der Waals surface area contributed by atoms with Gasteiger partial charge in [-0.3, -0.25) is 4.99 Å². The van der Waals surface area contributed by atoms with Crippen LogP contribution >= 0.6 is 0 Å². The van der Waals surface area contributed by atoms with Gasteiger partial charge in [-0.2, -0.15) is 0 Å². The number of rotatable bonds is 5. The summed E-state index contributed by atoms with van der Waals surface area (Å²) >= 11 is 0. The highest BCUT2D eigenvalue weighted by Gasteiger charge is 2.48. The van der Waals surface area contributed by atoms with Gasteiger partial charge in [-0.25, -0.2) is 0 Å². The molecule has 0 aromatic rings. The fourth-order valence-electron chi connectivity index (χ4n) is 2.89. The lowest BCUT2D eigenvalue weighted by Crippen LogP contribution is -2.50. The van der Waals surface area contributed by atoms with Gasteiger partial charge in [0.1, 0.15) is 0 Å². The second kappa shape index (κ2) is 5.50. The van der Waals surface area contributed by atoms with Crippen molar-refractivity contribution in [1.82, 2.24) is 10.6 Å². The van der Waals surface area contributed by atoms with E-state index in [-0.39, 0.29) is 0 Å². The van der Waals surface area contributed by atoms with Crippen molar-refractivity contribution in [3.8, 4) is 0 Å². The lowest BCUT2D eigenvalue weighted by molar-refractivity contribution is 0.105. The summed E-state index contributed by atoms with van der Waals surface area (Å²) in [5.74, 6) is 2.60. The molecule has 0 heterocycles. The van der Waals surface area contributed by atoms with E-state index in [0.29, 0.717) is 17.4 Å². The zero-order valence-corrected chi connectivity index (χ0v) is 12.4. The Hall–Kier alpha value is -0.730. The van der Waals surface area contributed by atoms with Crippen molar-refractivity contribution in [3.63, 3.8) is 0 Å². The molecule has 0 amide bonds. The van der Waals surface area contributed by atoms with E-state index in [4.69, 9.17) is 0 Å². The molecule has 2 aliphatic rings. The Balaban J connectivity index is 1.80. The maximum Gasteiger partial charge on any atom is 0.191 e. The Bertz CT molecular complexity index is 301. The Labute approximate surface area is 112 Å². The first-order valence-corrected chi connectivity index (χ1v) is 7.54. The average Bonchev–Trinajstić information content (AvgIpc) is 3.10. The minimum Gasteiger partial charge on any atom is -0.356 e. The van der Waals surface area contributed by atoms with Crippen LogP contribution in [0.5, 0.6) is 0 Å². The molecule has 2 rings (SSSR count). The van der Waals surface area contributed by atoms with Gasteiger partial charge in [0.15, 0.2) is 5.96 Å². The van der Waals surface area contributed by atoms with Gasteiger partial charge in [-0.05, 0) is 49.9 Å². The average molecular weight is 251 g/mol. The van der Waals surface area contributed by atoms with E-state index >= 15 is 0 Å². The van der Waals surface area contributed by atoms with Crippen molar-refractivity contribution in [2.24, 2.45) is 22.2 Å². The first-order chi connectivity index (χ1) is 8.57. The quantitative estimate of drug-likeness (QED) is 0.582. The highest BCUT2D eigenvalue weighted by molar-refractivity contribution is 5.80. The smallest absolute Gasteiger partial charge is 0.191 e. The lowest BCUT2D eigenvalue weighted by Gasteiger charge is -2.43. The molecular weight excluding hydrogens is 222 g/mol. The van der Waals surface area contributed by atoms with Crippen LogP contribution in [0.25, 0.3) is 0 Å². The third kappa shape index (κ3) is 2.99. The van der Waals surface area contributed by atoms with Crippen LogP contribution in [-0.4, -0.2) is 25.6 Å². The highest BCUT2D eigenvalue weighted by Crippen LogP contribution is 2.56. The van der Waals surface area contributed by atoms with Gasteiger partial charge in [-0.15, -0.1) is 0 Å². The fraction of sp³-hybridized carbons (Fsp3) is 0.933. The van der Waals surface area contributed by atoms with Crippen molar-refractivity contribution < 1.29 is 0 Å². The molecule has 0 saturated heterocycles. The molecule has 1 unspecified atom stereocenters. The first kappa shape index (κ1) is 13.7. The summed E-state index contributed by atoms with van der Waals surface area (Å²) in [5, 5.41) is 7.04. The van der Waals surface area contributed by atoms with Gasteiger partial charge < -0.3 is 10.6 Å². The Morgan fingerprint density at radius 3 is 2.33 bits per heavy atom. The van der Waals surface area contributed by atoms with Crippen LogP contribution in [0, 0.1) is 17.3 Å². The minimum atomic E-state index is 0.467. The van der Waals surface area contributed by atoms with E-state index in [1.54, 1.807) is 0 Å². The molecule has 104 valence electrons. The number of nitrogens with zero attached hydrogens (tertiary/aromatic N) is 1. The van der Waals surface area contributed by atoms with Crippen molar-refractivity contribution in [2.45, 2.75) is 58.9 Å². The molecule has 0 radical (unpaired) electrons. The van der Waals surface area contributed by atoms with Crippen LogP contribution in [0.2, 0.25) is 0 Å². The van der Waals surface area contributed by atoms with Crippen LogP contribution in [0.3, 0.4) is 0 Å². The normalized spacial score (nSPS) is 24.6. The molecule has 2 saturated carbocycles. The molecule has 0 bridgehead atoms. The summed E-state index contributed by atoms with van der Waals surface area (Å²) in [6, 6.07) is 0.467. The summed E-state index contributed by atoms with van der Waals surface area (Å²) in [6.45, 7) is 7.81. The number of hydrogen-bond donors (Lipinski definition) is 2. The van der Waals surface area contributed by atoms with E-state index in [1.807, 2.05) is 7.05 Å². The molecule has 0 aliphatic heterocycles. The summed E-state index contributed by atoms with van der Waals surface area (Å²) in [4.78, 5) is 4.35. The molecule has 2 aliphatic carbocycles. The van der Waals surface area contributed by atoms with Crippen molar-refractivity contribution in [3.05, 3.63) is 0 Å². The Kier molecular flexibility index (Phi) is 4.18. The third-order valence-corrected chi connectivity index (χ3v) is 4.99. The number of aliphatic imine (C=N–C) groups is 1. The molecule has 0 spiro atoms. The molecule has 1 atom stereocenters. The SMILES string of the molecule is CN=C(NCC1(C2CC2)CCC1)NC(C)C(C)C. The van der Waals surface area contributed by atoms with Crippen LogP contribution in [0.1, 0.15) is 52.9 Å². The van der Waals surface area contributed by atoms with Crippen LogP contribution in [-0.2, 0) is 0 Å². The largest absolute Gasteiger partial charge is 0.356 e. The lowest BCUT2D eigenvalue weighted by atomic mass is 9.65. The van der Waals surface area contributed by atoms with Gasteiger partial charge in [0.2, 0.25) is 0 Å².